The first kappa shape index (κ1) is 34.4. The number of Topliss-reactive ketones (excluding diaryl/α,β-unsaturated/α-hetero) is 1. The van der Waals surface area contributed by atoms with Crippen molar-refractivity contribution < 1.29 is 39.3 Å². The number of nitrogens with zero attached hydrogens (tertiary/aromatic N) is 4. The minimum atomic E-state index is -1.01. The van der Waals surface area contributed by atoms with Crippen molar-refractivity contribution >= 4 is 29.6 Å². The molecule has 1 fully saturated rings. The zero-order chi connectivity index (χ0) is 29.4. The largest absolute Gasteiger partial charge is 0.480 e. The summed E-state index contributed by atoms with van der Waals surface area (Å²) in [5.74, 6) is -3.30. The van der Waals surface area contributed by atoms with Crippen molar-refractivity contribution in [3.05, 3.63) is 0 Å². The minimum Gasteiger partial charge on any atom is -0.480 e. The van der Waals surface area contributed by atoms with Crippen LogP contribution in [0.2, 0.25) is 0 Å². The van der Waals surface area contributed by atoms with Gasteiger partial charge in [0.25, 0.3) is 0 Å². The summed E-state index contributed by atoms with van der Waals surface area (Å²) in [7, 11) is 0. The van der Waals surface area contributed by atoms with E-state index in [2.05, 4.69) is 5.32 Å². The maximum Gasteiger partial charge on any atom is 0.317 e. The molecule has 6 N–H and O–H groups in total. The number of hydrogen-bond acceptors (Lipinski definition) is 10. The molecule has 0 bridgehead atoms. The van der Waals surface area contributed by atoms with Crippen molar-refractivity contribution in [1.29, 1.82) is 0 Å². The lowest BCUT2D eigenvalue weighted by atomic mass is 9.98. The molecule has 1 saturated heterocycles. The van der Waals surface area contributed by atoms with Gasteiger partial charge in [0.15, 0.2) is 5.78 Å². The summed E-state index contributed by atoms with van der Waals surface area (Å²) in [6, 6.07) is -0.498. The SMILES string of the molecule is CC(C)C(=O)[C@H](N)CCCCNC(=O)CN1CCN(CC(=O)O)CCN(CC(=O)O)CCN(CC(=O)O)CC1. The number of carboxylic acid groups (broad SMARTS) is 3. The zero-order valence-electron chi connectivity index (χ0n) is 23.2. The number of rotatable bonds is 15. The third kappa shape index (κ3) is 16.1. The van der Waals surface area contributed by atoms with E-state index in [1.807, 2.05) is 18.7 Å². The van der Waals surface area contributed by atoms with Crippen LogP contribution in [0.25, 0.3) is 0 Å². The first-order valence-electron chi connectivity index (χ1n) is 13.5. The molecule has 1 rings (SSSR count). The van der Waals surface area contributed by atoms with E-state index < -0.39 is 23.9 Å². The third-order valence-corrected chi connectivity index (χ3v) is 6.57. The Morgan fingerprint density at radius 3 is 1.36 bits per heavy atom. The van der Waals surface area contributed by atoms with Gasteiger partial charge in [0.05, 0.1) is 32.2 Å². The van der Waals surface area contributed by atoms with Gasteiger partial charge < -0.3 is 26.4 Å². The highest BCUT2D eigenvalue weighted by molar-refractivity contribution is 5.85. The lowest BCUT2D eigenvalue weighted by Crippen LogP contribution is -2.49. The molecule has 0 aromatic carbocycles. The van der Waals surface area contributed by atoms with E-state index in [-0.39, 0.29) is 43.8 Å². The van der Waals surface area contributed by atoms with Crippen molar-refractivity contribution in [1.82, 2.24) is 24.9 Å². The van der Waals surface area contributed by atoms with Crippen LogP contribution in [0.5, 0.6) is 0 Å². The van der Waals surface area contributed by atoms with Crippen LogP contribution in [-0.2, 0) is 24.0 Å². The highest BCUT2D eigenvalue weighted by Gasteiger charge is 2.21. The van der Waals surface area contributed by atoms with Gasteiger partial charge in [0, 0.05) is 64.8 Å². The number of carboxylic acids is 3. The van der Waals surface area contributed by atoms with E-state index in [1.54, 1.807) is 14.7 Å². The number of nitrogens with two attached hydrogens (primary N) is 1. The van der Waals surface area contributed by atoms with E-state index in [0.717, 1.165) is 0 Å². The molecule has 224 valence electrons. The normalized spacial score (nSPS) is 18.2. The van der Waals surface area contributed by atoms with Crippen molar-refractivity contribution in [3.8, 4) is 0 Å². The minimum absolute atomic E-state index is 0.0258. The molecule has 0 aliphatic carbocycles. The number of carbonyl (C=O) groups excluding carboxylic acids is 2. The van der Waals surface area contributed by atoms with E-state index in [9.17, 15) is 39.3 Å². The van der Waals surface area contributed by atoms with Crippen LogP contribution >= 0.6 is 0 Å². The maximum atomic E-state index is 12.6. The molecule has 39 heavy (non-hydrogen) atoms. The molecule has 1 aliphatic heterocycles. The van der Waals surface area contributed by atoms with Gasteiger partial charge in [-0.3, -0.25) is 43.6 Å². The topological polar surface area (TPSA) is 197 Å². The molecule has 1 aliphatic rings. The molecular formula is C25H46N6O8. The second kappa shape index (κ2) is 18.6. The molecule has 0 aromatic rings. The fourth-order valence-corrected chi connectivity index (χ4v) is 4.33. The summed E-state index contributed by atoms with van der Waals surface area (Å²) in [4.78, 5) is 65.5. The van der Waals surface area contributed by atoms with Crippen molar-refractivity contribution in [3.63, 3.8) is 0 Å². The van der Waals surface area contributed by atoms with Gasteiger partial charge in [-0.15, -0.1) is 0 Å². The summed E-state index contributed by atoms with van der Waals surface area (Å²) in [6.45, 7) is 6.20. The molecule has 1 heterocycles. The number of carbonyl (C=O) groups is 5. The molecule has 1 amide bonds. The van der Waals surface area contributed by atoms with Gasteiger partial charge in [-0.05, 0) is 19.3 Å². The molecule has 0 spiro atoms. The molecule has 0 radical (unpaired) electrons. The molecular weight excluding hydrogens is 512 g/mol. The molecule has 0 unspecified atom stereocenters. The zero-order valence-corrected chi connectivity index (χ0v) is 23.2. The Bertz CT molecular complexity index is 779. The van der Waals surface area contributed by atoms with E-state index in [0.29, 0.717) is 78.2 Å². The molecule has 0 aromatic heterocycles. The summed E-state index contributed by atoms with van der Waals surface area (Å²) in [5, 5.41) is 30.7. The number of hydrogen-bond donors (Lipinski definition) is 5. The van der Waals surface area contributed by atoms with Crippen molar-refractivity contribution in [2.24, 2.45) is 11.7 Å². The van der Waals surface area contributed by atoms with Gasteiger partial charge in [0.1, 0.15) is 0 Å². The van der Waals surface area contributed by atoms with Crippen LogP contribution in [0, 0.1) is 5.92 Å². The monoisotopic (exact) mass is 558 g/mol. The number of nitrogens with one attached hydrogen (secondary N) is 1. The van der Waals surface area contributed by atoms with Crippen LogP contribution in [-0.4, -0.2) is 156 Å². The molecule has 14 heteroatoms. The number of ketones is 1. The summed E-state index contributed by atoms with van der Waals surface area (Å²) >= 11 is 0. The van der Waals surface area contributed by atoms with Crippen LogP contribution in [0.1, 0.15) is 33.1 Å². The third-order valence-electron chi connectivity index (χ3n) is 6.57. The highest BCUT2D eigenvalue weighted by Crippen LogP contribution is 2.06. The standard InChI is InChI=1S/C25H46N6O8/c1-19(2)25(39)20(26)5-3-4-6-27-21(32)15-28-7-9-29(16-22(33)34)11-13-31(18-24(37)38)14-12-30(10-8-28)17-23(35)36/h19-20H,3-18,26H2,1-2H3,(H,27,32)(H,33,34)(H,35,36)(H,37,38)/t20-/m1/s1. The van der Waals surface area contributed by atoms with E-state index >= 15 is 0 Å². The number of amides is 1. The Hall–Kier alpha value is -2.65. The smallest absolute Gasteiger partial charge is 0.317 e. The summed E-state index contributed by atoms with van der Waals surface area (Å²) in [5.41, 5.74) is 5.91. The van der Waals surface area contributed by atoms with E-state index in [4.69, 9.17) is 5.73 Å². The Balaban J connectivity index is 2.74. The van der Waals surface area contributed by atoms with Crippen LogP contribution < -0.4 is 11.1 Å². The van der Waals surface area contributed by atoms with Gasteiger partial charge in [-0.25, -0.2) is 0 Å². The molecule has 14 nitrogen and oxygen atoms in total. The van der Waals surface area contributed by atoms with Crippen LogP contribution in [0.3, 0.4) is 0 Å². The van der Waals surface area contributed by atoms with Gasteiger partial charge in [0.2, 0.25) is 5.91 Å². The van der Waals surface area contributed by atoms with E-state index in [1.165, 1.54) is 0 Å². The predicted molar refractivity (Wildman–Crippen MR) is 143 cm³/mol. The van der Waals surface area contributed by atoms with Crippen molar-refractivity contribution in [2.45, 2.75) is 39.2 Å². The van der Waals surface area contributed by atoms with Crippen LogP contribution in [0.4, 0.5) is 0 Å². The van der Waals surface area contributed by atoms with Crippen molar-refractivity contribution in [2.75, 3.05) is 85.1 Å². The molecule has 1 atom stereocenters. The van der Waals surface area contributed by atoms with Gasteiger partial charge in [-0.1, -0.05) is 13.8 Å². The fourth-order valence-electron chi connectivity index (χ4n) is 4.33. The quantitative estimate of drug-likeness (QED) is 0.143. The second-order valence-corrected chi connectivity index (χ2v) is 10.3. The highest BCUT2D eigenvalue weighted by atomic mass is 16.4. The Morgan fingerprint density at radius 1 is 0.667 bits per heavy atom. The Labute approximate surface area is 230 Å². The number of unbranched alkanes of at least 4 members (excludes halogenated alkanes) is 1. The van der Waals surface area contributed by atoms with Gasteiger partial charge >= 0.3 is 17.9 Å². The van der Waals surface area contributed by atoms with Gasteiger partial charge in [-0.2, -0.15) is 0 Å². The molecule has 0 saturated carbocycles. The maximum absolute atomic E-state index is 12.6. The first-order valence-corrected chi connectivity index (χ1v) is 13.5. The van der Waals surface area contributed by atoms with Crippen LogP contribution in [0.15, 0.2) is 0 Å². The summed E-state index contributed by atoms with van der Waals surface area (Å²) in [6.07, 6.45) is 1.94. The Morgan fingerprint density at radius 2 is 1.03 bits per heavy atom. The number of aliphatic carboxylic acids is 3. The first-order chi connectivity index (χ1) is 18.4. The predicted octanol–water partition coefficient (Wildman–Crippen LogP) is -1.70. The average Bonchev–Trinajstić information content (AvgIpc) is 2.83. The lowest BCUT2D eigenvalue weighted by Gasteiger charge is -2.32. The summed E-state index contributed by atoms with van der Waals surface area (Å²) < 4.78 is 0. The second-order valence-electron chi connectivity index (χ2n) is 10.3. The fraction of sp³-hybridized carbons (Fsp3) is 0.800. The Kier molecular flexibility index (Phi) is 16.4. The average molecular weight is 559 g/mol. The lowest BCUT2D eigenvalue weighted by molar-refractivity contribution is -0.140.